The van der Waals surface area contributed by atoms with Crippen LogP contribution in [-0.2, 0) is 13.0 Å². The maximum absolute atomic E-state index is 4.34. The fourth-order valence-corrected chi connectivity index (χ4v) is 3.06. The number of aliphatic imine (C=N–C) groups is 2. The topological polar surface area (TPSA) is 52.7 Å². The quantitative estimate of drug-likeness (QED) is 0.788. The summed E-state index contributed by atoms with van der Waals surface area (Å²) in [7, 11) is 0. The van der Waals surface area contributed by atoms with Crippen molar-refractivity contribution < 1.29 is 0 Å². The summed E-state index contributed by atoms with van der Waals surface area (Å²) in [6.45, 7) is 9.42. The molecule has 0 saturated heterocycles. The van der Waals surface area contributed by atoms with E-state index in [2.05, 4.69) is 57.6 Å². The summed E-state index contributed by atoms with van der Waals surface area (Å²) in [4.78, 5) is 10.3. The lowest BCUT2D eigenvalue weighted by Gasteiger charge is -2.18. The number of nitrogens with zero attached hydrogens (tertiary/aromatic N) is 5. The minimum Gasteiger partial charge on any atom is -0.320 e. The monoisotopic (exact) mass is 345 g/mol. The summed E-state index contributed by atoms with van der Waals surface area (Å²) in [5.41, 5.74) is 6.14. The molecule has 0 aromatic heterocycles. The summed E-state index contributed by atoms with van der Waals surface area (Å²) in [5, 5.41) is 8.45. The van der Waals surface area contributed by atoms with Gasteiger partial charge in [-0.3, -0.25) is 9.98 Å². The van der Waals surface area contributed by atoms with E-state index in [4.69, 9.17) is 0 Å². The number of amidine groups is 1. The Bertz CT molecular complexity index is 869. The molecule has 5 heteroatoms. The number of benzene rings is 1. The molecule has 1 aromatic rings. The van der Waals surface area contributed by atoms with E-state index < -0.39 is 0 Å². The van der Waals surface area contributed by atoms with Crippen LogP contribution in [0.3, 0.4) is 0 Å². The van der Waals surface area contributed by atoms with Crippen molar-refractivity contribution in [1.29, 1.82) is 0 Å². The van der Waals surface area contributed by atoms with Crippen LogP contribution < -0.4 is 0 Å². The molecule has 2 heterocycles. The van der Waals surface area contributed by atoms with Crippen molar-refractivity contribution in [2.24, 2.45) is 20.2 Å². The molecular weight excluding hydrogens is 322 g/mol. The minimum absolute atomic E-state index is 0.709. The molecule has 26 heavy (non-hydrogen) atoms. The molecule has 0 atom stereocenters. The molecule has 0 saturated carbocycles. The highest BCUT2D eigenvalue weighted by molar-refractivity contribution is 6.16. The Morgan fingerprint density at radius 3 is 2.73 bits per heavy atom. The number of fused-ring (bicyclic) bond motifs is 1. The number of allylic oxidation sites excluding steroid dienone is 1. The fraction of sp³-hybridized carbons (Fsp3) is 0.238. The van der Waals surface area contributed by atoms with Crippen LogP contribution in [0.5, 0.6) is 0 Å². The average molecular weight is 345 g/mol. The summed E-state index contributed by atoms with van der Waals surface area (Å²) in [5.74, 6) is 0.709. The van der Waals surface area contributed by atoms with Crippen molar-refractivity contribution >= 4 is 30.2 Å². The van der Waals surface area contributed by atoms with Crippen LogP contribution in [-0.4, -0.2) is 29.4 Å². The third kappa shape index (κ3) is 3.94. The molecule has 0 amide bonds. The van der Waals surface area contributed by atoms with Crippen molar-refractivity contribution in [2.45, 2.75) is 33.2 Å². The Balaban J connectivity index is 1.92. The van der Waals surface area contributed by atoms with Gasteiger partial charge in [0.1, 0.15) is 0 Å². The molecule has 2 aliphatic rings. The lowest BCUT2D eigenvalue weighted by Crippen LogP contribution is -2.22. The van der Waals surface area contributed by atoms with Gasteiger partial charge in [0.05, 0.1) is 12.8 Å². The molecular formula is C21H23N5. The molecule has 2 aliphatic heterocycles. The molecule has 0 spiro atoms. The Kier molecular flexibility index (Phi) is 5.69. The van der Waals surface area contributed by atoms with Gasteiger partial charge in [-0.05, 0) is 42.2 Å². The number of hydrogen-bond acceptors (Lipinski definition) is 5. The van der Waals surface area contributed by atoms with Crippen LogP contribution in [0.2, 0.25) is 0 Å². The van der Waals surface area contributed by atoms with Gasteiger partial charge in [0.15, 0.2) is 5.84 Å². The van der Waals surface area contributed by atoms with Gasteiger partial charge in [-0.2, -0.15) is 5.10 Å². The maximum atomic E-state index is 4.34. The average Bonchev–Trinajstić information content (AvgIpc) is 2.92. The zero-order valence-corrected chi connectivity index (χ0v) is 15.3. The van der Waals surface area contributed by atoms with Crippen LogP contribution in [0, 0.1) is 6.92 Å². The largest absolute Gasteiger partial charge is 0.320 e. The van der Waals surface area contributed by atoms with Crippen LogP contribution in [0.4, 0.5) is 0 Å². The highest BCUT2D eigenvalue weighted by Gasteiger charge is 2.26. The van der Waals surface area contributed by atoms with Gasteiger partial charge in [-0.1, -0.05) is 26.0 Å². The second kappa shape index (κ2) is 8.34. The molecule has 5 nitrogen and oxygen atoms in total. The van der Waals surface area contributed by atoms with Gasteiger partial charge in [0, 0.05) is 42.2 Å². The Morgan fingerprint density at radius 2 is 1.92 bits per heavy atom. The molecule has 1 aromatic carbocycles. The Hall–Kier alpha value is -3.08. The minimum atomic E-state index is 0.709. The Morgan fingerprint density at radius 1 is 1.12 bits per heavy atom. The fourth-order valence-electron chi connectivity index (χ4n) is 3.06. The van der Waals surface area contributed by atoms with E-state index in [-0.39, 0.29) is 0 Å². The van der Waals surface area contributed by atoms with E-state index in [0.717, 1.165) is 25.1 Å². The maximum Gasteiger partial charge on any atom is 0.157 e. The zero-order chi connectivity index (χ0) is 18.4. The lowest BCUT2D eigenvalue weighted by atomic mass is 9.97. The molecule has 0 N–H and O–H groups in total. The van der Waals surface area contributed by atoms with Crippen molar-refractivity contribution in [2.75, 3.05) is 0 Å². The summed E-state index contributed by atoms with van der Waals surface area (Å²) >= 11 is 0. The van der Waals surface area contributed by atoms with Crippen LogP contribution >= 0.6 is 0 Å². The normalized spacial score (nSPS) is 18.9. The number of hydrogen-bond donors (Lipinski definition) is 0. The predicted octanol–water partition coefficient (Wildman–Crippen LogP) is 4.30. The summed E-state index contributed by atoms with van der Waals surface area (Å²) in [6, 6.07) is 4.54. The smallest absolute Gasteiger partial charge is 0.157 e. The standard InChI is InChI=1S/C21H23N5/c1-4-6-18-14-20-17(3)26(15-19(20)13-16(18)2)21-7-10-23-12-11-22-8-5-9-24-25-21/h5,7-14H,3-4,6,15H2,1-2H3/b8-5-,9-5?,10-7?,12-11?,21-7?,22-8?,22-11?,23-10?,23-12?,24-9-,25-21?,25-24?. The highest BCUT2D eigenvalue weighted by Crippen LogP contribution is 2.34. The summed E-state index contributed by atoms with van der Waals surface area (Å²) in [6.07, 6.45) is 14.0. The van der Waals surface area contributed by atoms with Gasteiger partial charge in [-0.15, -0.1) is 5.10 Å². The van der Waals surface area contributed by atoms with Crippen molar-refractivity contribution in [1.82, 2.24) is 4.90 Å². The first-order chi connectivity index (χ1) is 12.7. The molecule has 132 valence electrons. The molecule has 0 radical (unpaired) electrons. The lowest BCUT2D eigenvalue weighted by molar-refractivity contribution is 0.610. The second-order valence-electron chi connectivity index (χ2n) is 6.19. The highest BCUT2D eigenvalue weighted by atomic mass is 15.3. The predicted molar refractivity (Wildman–Crippen MR) is 111 cm³/mol. The van der Waals surface area contributed by atoms with E-state index in [1.807, 2.05) is 6.08 Å². The second-order valence-corrected chi connectivity index (χ2v) is 6.19. The first-order valence-electron chi connectivity index (χ1n) is 8.77. The van der Waals surface area contributed by atoms with Crippen LogP contribution in [0.1, 0.15) is 35.6 Å². The first kappa shape index (κ1) is 17.7. The molecule has 0 fully saturated rings. The summed E-state index contributed by atoms with van der Waals surface area (Å²) < 4.78 is 0. The first-order valence-corrected chi connectivity index (χ1v) is 8.77. The van der Waals surface area contributed by atoms with Gasteiger partial charge in [0.2, 0.25) is 0 Å². The van der Waals surface area contributed by atoms with Crippen LogP contribution in [0.15, 0.2) is 63.5 Å². The molecule has 0 bridgehead atoms. The van der Waals surface area contributed by atoms with E-state index >= 15 is 0 Å². The van der Waals surface area contributed by atoms with Gasteiger partial charge in [-0.25, -0.2) is 0 Å². The van der Waals surface area contributed by atoms with Gasteiger partial charge >= 0.3 is 0 Å². The van der Waals surface area contributed by atoms with E-state index in [1.54, 1.807) is 37.1 Å². The zero-order valence-electron chi connectivity index (χ0n) is 15.3. The van der Waals surface area contributed by atoms with Crippen molar-refractivity contribution in [3.63, 3.8) is 0 Å². The van der Waals surface area contributed by atoms with Crippen molar-refractivity contribution in [3.8, 4) is 0 Å². The molecule has 0 aliphatic carbocycles. The SMILES string of the molecule is C=C1c2cc(CCC)c(C)cc2CN1C1=N/N=C\C=C/N=CC=NC=C1. The van der Waals surface area contributed by atoms with E-state index in [0.29, 0.717) is 5.84 Å². The van der Waals surface area contributed by atoms with E-state index in [1.165, 1.54) is 22.3 Å². The van der Waals surface area contributed by atoms with Crippen LogP contribution in [0.25, 0.3) is 5.70 Å². The third-order valence-electron chi connectivity index (χ3n) is 4.36. The third-order valence-corrected chi connectivity index (χ3v) is 4.36. The van der Waals surface area contributed by atoms with Gasteiger partial charge < -0.3 is 4.90 Å². The van der Waals surface area contributed by atoms with Gasteiger partial charge in [0.25, 0.3) is 0 Å². The Labute approximate surface area is 154 Å². The van der Waals surface area contributed by atoms with E-state index in [9.17, 15) is 0 Å². The molecule has 0 unspecified atom stereocenters. The van der Waals surface area contributed by atoms with Crippen molar-refractivity contribution in [3.05, 3.63) is 65.5 Å². The number of rotatable bonds is 2. The number of aryl methyl sites for hydroxylation is 2. The molecule has 3 rings (SSSR count).